The molecule has 8 heteroatoms. The van der Waals surface area contributed by atoms with Crippen molar-refractivity contribution in [3.63, 3.8) is 0 Å². The molecule has 25 heavy (non-hydrogen) atoms. The van der Waals surface area contributed by atoms with Gasteiger partial charge < -0.3 is 9.84 Å². The van der Waals surface area contributed by atoms with Crippen LogP contribution in [0.2, 0.25) is 0 Å². The normalized spacial score (nSPS) is 11.1. The number of hydrogen-bond acceptors (Lipinski definition) is 7. The Morgan fingerprint density at radius 2 is 1.96 bits per heavy atom. The van der Waals surface area contributed by atoms with Crippen LogP contribution in [0, 0.1) is 6.92 Å². The third kappa shape index (κ3) is 3.06. The van der Waals surface area contributed by atoms with E-state index in [2.05, 4.69) is 30.5 Å². The summed E-state index contributed by atoms with van der Waals surface area (Å²) in [6.07, 6.45) is 2.39. The maximum absolute atomic E-state index is 5.32. The van der Waals surface area contributed by atoms with Crippen molar-refractivity contribution in [1.29, 1.82) is 0 Å². The van der Waals surface area contributed by atoms with Gasteiger partial charge in [-0.15, -0.1) is 0 Å². The molecule has 3 heterocycles. The highest BCUT2D eigenvalue weighted by atomic mass is 16.5. The van der Waals surface area contributed by atoms with E-state index in [0.29, 0.717) is 30.5 Å². The Hall–Kier alpha value is -3.29. The smallest absolute Gasteiger partial charge is 0.257 e. The number of rotatable bonds is 5. The van der Waals surface area contributed by atoms with Gasteiger partial charge in [0.2, 0.25) is 0 Å². The number of nitrogens with zero attached hydrogens (tertiary/aromatic N) is 6. The summed E-state index contributed by atoms with van der Waals surface area (Å²) < 4.78 is 7.05. The topological polar surface area (TPSA) is 94.5 Å². The molecule has 3 aromatic heterocycles. The molecule has 0 fully saturated rings. The first kappa shape index (κ1) is 15.3. The molecule has 4 rings (SSSR count). The van der Waals surface area contributed by atoms with Crippen LogP contribution in [0.3, 0.4) is 0 Å². The number of nitrogens with one attached hydrogen (secondary N) is 1. The Kier molecular flexibility index (Phi) is 3.85. The van der Waals surface area contributed by atoms with Crippen LogP contribution in [0.25, 0.3) is 22.5 Å². The molecule has 1 N–H and O–H groups in total. The first-order valence-corrected chi connectivity index (χ1v) is 7.99. The summed E-state index contributed by atoms with van der Waals surface area (Å²) in [5, 5.41) is 12.5. The molecule has 0 bridgehead atoms. The fraction of sp³-hybridized carbons (Fsp3) is 0.235. The van der Waals surface area contributed by atoms with Gasteiger partial charge in [0.25, 0.3) is 5.89 Å². The van der Waals surface area contributed by atoms with Crippen molar-refractivity contribution >= 4 is 16.9 Å². The van der Waals surface area contributed by atoms with E-state index in [1.54, 1.807) is 10.9 Å². The Labute approximate surface area is 143 Å². The molecule has 0 saturated carbocycles. The van der Waals surface area contributed by atoms with Crippen LogP contribution in [0.5, 0.6) is 0 Å². The molecule has 126 valence electrons. The maximum atomic E-state index is 5.32. The van der Waals surface area contributed by atoms with Gasteiger partial charge in [0.15, 0.2) is 11.5 Å². The second kappa shape index (κ2) is 6.31. The molecule has 0 aliphatic heterocycles. The summed E-state index contributed by atoms with van der Waals surface area (Å²) in [4.78, 5) is 13.3. The maximum Gasteiger partial charge on any atom is 0.257 e. The zero-order valence-electron chi connectivity index (χ0n) is 14.0. The van der Waals surface area contributed by atoms with Crippen LogP contribution in [-0.4, -0.2) is 36.4 Å². The lowest BCUT2D eigenvalue weighted by Crippen LogP contribution is -2.09. The number of anilines is 1. The van der Waals surface area contributed by atoms with E-state index in [1.165, 1.54) is 0 Å². The first-order chi connectivity index (χ1) is 12.2. The van der Waals surface area contributed by atoms with Crippen molar-refractivity contribution in [3.05, 3.63) is 48.2 Å². The quantitative estimate of drug-likeness (QED) is 0.598. The molecule has 0 aliphatic rings. The lowest BCUT2D eigenvalue weighted by Gasteiger charge is -2.06. The van der Waals surface area contributed by atoms with Gasteiger partial charge in [0.1, 0.15) is 11.6 Å². The predicted octanol–water partition coefficient (Wildman–Crippen LogP) is 2.38. The van der Waals surface area contributed by atoms with Gasteiger partial charge in [-0.25, -0.2) is 9.97 Å². The van der Waals surface area contributed by atoms with E-state index in [4.69, 9.17) is 4.52 Å². The van der Waals surface area contributed by atoms with Crippen LogP contribution < -0.4 is 5.32 Å². The van der Waals surface area contributed by atoms with Crippen molar-refractivity contribution in [2.24, 2.45) is 7.05 Å². The third-order valence-corrected chi connectivity index (χ3v) is 3.83. The Bertz CT molecular complexity index is 1010. The Morgan fingerprint density at radius 1 is 1.12 bits per heavy atom. The lowest BCUT2D eigenvalue weighted by molar-refractivity contribution is 0.423. The molecule has 0 spiro atoms. The number of aromatic nitrogens is 6. The number of hydrogen-bond donors (Lipinski definition) is 1. The van der Waals surface area contributed by atoms with E-state index in [9.17, 15) is 0 Å². The highest BCUT2D eigenvalue weighted by molar-refractivity contribution is 5.86. The van der Waals surface area contributed by atoms with Crippen LogP contribution in [-0.2, 0) is 13.5 Å². The fourth-order valence-corrected chi connectivity index (χ4v) is 2.61. The lowest BCUT2D eigenvalue weighted by atomic mass is 10.2. The average molecular weight is 335 g/mol. The van der Waals surface area contributed by atoms with Gasteiger partial charge in [-0.05, 0) is 19.1 Å². The minimum atomic E-state index is 0.531. The van der Waals surface area contributed by atoms with Gasteiger partial charge in [0.05, 0.1) is 11.6 Å². The minimum absolute atomic E-state index is 0.531. The molecule has 0 atom stereocenters. The molecular weight excluding hydrogens is 318 g/mol. The summed E-state index contributed by atoms with van der Waals surface area (Å²) in [5.41, 5.74) is 1.72. The van der Waals surface area contributed by atoms with Gasteiger partial charge in [-0.2, -0.15) is 10.1 Å². The molecule has 0 saturated heterocycles. The van der Waals surface area contributed by atoms with Crippen LogP contribution in [0.1, 0.15) is 11.6 Å². The van der Waals surface area contributed by atoms with Crippen LogP contribution >= 0.6 is 0 Å². The van der Waals surface area contributed by atoms with Crippen molar-refractivity contribution in [2.45, 2.75) is 13.3 Å². The van der Waals surface area contributed by atoms with Crippen molar-refractivity contribution in [3.8, 4) is 11.5 Å². The zero-order valence-corrected chi connectivity index (χ0v) is 14.0. The standard InChI is InChI=1S/C17H17N7O/c1-11-20-15(13-10-19-24(2)16(13)21-11)18-9-8-14-22-17(25-23-14)12-6-4-3-5-7-12/h3-7,10H,8-9H2,1-2H3,(H,18,20,21). The fourth-order valence-electron chi connectivity index (χ4n) is 2.61. The second-order valence-corrected chi connectivity index (χ2v) is 5.68. The number of fused-ring (bicyclic) bond motifs is 1. The van der Waals surface area contributed by atoms with Crippen LogP contribution in [0.4, 0.5) is 5.82 Å². The van der Waals surface area contributed by atoms with Crippen LogP contribution in [0.15, 0.2) is 41.1 Å². The Balaban J connectivity index is 1.46. The van der Waals surface area contributed by atoms with Crippen molar-refractivity contribution in [2.75, 3.05) is 11.9 Å². The highest BCUT2D eigenvalue weighted by Crippen LogP contribution is 2.19. The molecule has 0 aliphatic carbocycles. The van der Waals surface area contributed by atoms with E-state index in [-0.39, 0.29) is 0 Å². The number of aryl methyl sites for hydroxylation is 2. The van der Waals surface area contributed by atoms with Gasteiger partial charge in [-0.1, -0.05) is 23.4 Å². The SMILES string of the molecule is Cc1nc(NCCc2noc(-c3ccccc3)n2)c2cnn(C)c2n1. The summed E-state index contributed by atoms with van der Waals surface area (Å²) >= 11 is 0. The molecule has 8 nitrogen and oxygen atoms in total. The zero-order chi connectivity index (χ0) is 17.2. The molecule has 0 radical (unpaired) electrons. The van der Waals surface area contributed by atoms with Crippen molar-refractivity contribution < 1.29 is 4.52 Å². The summed E-state index contributed by atoms with van der Waals surface area (Å²) in [5.74, 6) is 2.65. The molecular formula is C17H17N7O. The van der Waals surface area contributed by atoms with E-state index in [1.807, 2.05) is 44.3 Å². The summed E-state index contributed by atoms with van der Waals surface area (Å²) in [7, 11) is 1.86. The average Bonchev–Trinajstić information content (AvgIpc) is 3.23. The van der Waals surface area contributed by atoms with Crippen molar-refractivity contribution in [1.82, 2.24) is 29.9 Å². The van der Waals surface area contributed by atoms with Gasteiger partial charge in [-0.3, -0.25) is 4.68 Å². The largest absolute Gasteiger partial charge is 0.369 e. The van der Waals surface area contributed by atoms with Gasteiger partial charge in [0, 0.05) is 25.6 Å². The highest BCUT2D eigenvalue weighted by Gasteiger charge is 2.11. The van der Waals surface area contributed by atoms with E-state index < -0.39 is 0 Å². The van der Waals surface area contributed by atoms with E-state index in [0.717, 1.165) is 22.4 Å². The Morgan fingerprint density at radius 3 is 2.80 bits per heavy atom. The minimum Gasteiger partial charge on any atom is -0.369 e. The van der Waals surface area contributed by atoms with E-state index >= 15 is 0 Å². The predicted molar refractivity (Wildman–Crippen MR) is 93.0 cm³/mol. The second-order valence-electron chi connectivity index (χ2n) is 5.68. The molecule has 0 amide bonds. The molecule has 4 aromatic rings. The summed E-state index contributed by atoms with van der Waals surface area (Å²) in [6, 6.07) is 9.72. The molecule has 1 aromatic carbocycles. The third-order valence-electron chi connectivity index (χ3n) is 3.83. The first-order valence-electron chi connectivity index (χ1n) is 7.99. The summed E-state index contributed by atoms with van der Waals surface area (Å²) in [6.45, 7) is 2.50. The van der Waals surface area contributed by atoms with Gasteiger partial charge >= 0.3 is 0 Å². The molecule has 0 unspecified atom stereocenters. The monoisotopic (exact) mass is 335 g/mol. The number of benzene rings is 1.